The average molecular weight is 392 g/mol. The number of guanidine groups is 1. The standard InChI is InChI=1S/C22H37N3O3/c1-2-23-22(24-13-6-7-16-28-21-9-4-3-5-10-21)25-14-8-15-27-19-20-11-17-26-18-12-20/h3-5,9-10,20H,2,6-8,11-19H2,1H3,(H2,23,24,25). The molecule has 0 saturated carbocycles. The predicted molar refractivity (Wildman–Crippen MR) is 114 cm³/mol. The van der Waals surface area contributed by atoms with E-state index in [9.17, 15) is 0 Å². The summed E-state index contributed by atoms with van der Waals surface area (Å²) in [6.45, 7) is 8.76. The smallest absolute Gasteiger partial charge is 0.191 e. The molecule has 0 bridgehead atoms. The Kier molecular flexibility index (Phi) is 12.2. The molecule has 0 aliphatic carbocycles. The molecule has 2 N–H and O–H groups in total. The van der Waals surface area contributed by atoms with Crippen LogP contribution in [0.25, 0.3) is 0 Å². The molecule has 28 heavy (non-hydrogen) atoms. The lowest BCUT2D eigenvalue weighted by Crippen LogP contribution is -2.38. The third-order valence-electron chi connectivity index (χ3n) is 4.63. The van der Waals surface area contributed by atoms with E-state index in [0.717, 1.165) is 96.5 Å². The van der Waals surface area contributed by atoms with Gasteiger partial charge >= 0.3 is 0 Å². The van der Waals surface area contributed by atoms with Crippen LogP contribution in [0.5, 0.6) is 5.75 Å². The number of nitrogens with zero attached hydrogens (tertiary/aromatic N) is 1. The number of nitrogens with one attached hydrogen (secondary N) is 2. The first kappa shape index (κ1) is 22.5. The maximum absolute atomic E-state index is 5.80. The van der Waals surface area contributed by atoms with Crippen molar-refractivity contribution in [2.75, 3.05) is 52.7 Å². The van der Waals surface area contributed by atoms with Gasteiger partial charge in [-0.05, 0) is 57.1 Å². The number of ether oxygens (including phenoxy) is 3. The van der Waals surface area contributed by atoms with Crippen LogP contribution >= 0.6 is 0 Å². The summed E-state index contributed by atoms with van der Waals surface area (Å²) >= 11 is 0. The van der Waals surface area contributed by atoms with E-state index in [-0.39, 0.29) is 0 Å². The summed E-state index contributed by atoms with van der Waals surface area (Å²) in [6, 6.07) is 9.96. The summed E-state index contributed by atoms with van der Waals surface area (Å²) in [5.74, 6) is 2.49. The molecule has 0 unspecified atom stereocenters. The van der Waals surface area contributed by atoms with Crippen molar-refractivity contribution in [2.45, 2.75) is 39.0 Å². The second-order valence-corrected chi connectivity index (χ2v) is 7.04. The molecule has 2 rings (SSSR count). The molecule has 6 heteroatoms. The minimum atomic E-state index is 0.669. The Morgan fingerprint density at radius 2 is 1.89 bits per heavy atom. The molecule has 0 radical (unpaired) electrons. The monoisotopic (exact) mass is 391 g/mol. The highest BCUT2D eigenvalue weighted by molar-refractivity contribution is 5.79. The number of rotatable bonds is 13. The quantitative estimate of drug-likeness (QED) is 0.307. The molecule has 1 aliphatic rings. The summed E-state index contributed by atoms with van der Waals surface area (Å²) < 4.78 is 16.9. The van der Waals surface area contributed by atoms with E-state index in [1.165, 1.54) is 0 Å². The molecule has 0 atom stereocenters. The molecule has 6 nitrogen and oxygen atoms in total. The molecule has 0 spiro atoms. The van der Waals surface area contributed by atoms with Crippen LogP contribution in [-0.2, 0) is 9.47 Å². The Morgan fingerprint density at radius 1 is 1.07 bits per heavy atom. The van der Waals surface area contributed by atoms with E-state index < -0.39 is 0 Å². The lowest BCUT2D eigenvalue weighted by atomic mass is 10.0. The Morgan fingerprint density at radius 3 is 2.68 bits per heavy atom. The lowest BCUT2D eigenvalue weighted by molar-refractivity contribution is 0.0205. The van der Waals surface area contributed by atoms with Crippen molar-refractivity contribution in [3.63, 3.8) is 0 Å². The molecule has 1 aromatic rings. The van der Waals surface area contributed by atoms with Crippen LogP contribution in [0.4, 0.5) is 0 Å². The molecule has 0 aromatic heterocycles. The third kappa shape index (κ3) is 10.5. The molecule has 1 heterocycles. The molecule has 1 saturated heterocycles. The van der Waals surface area contributed by atoms with Crippen LogP contribution in [0.2, 0.25) is 0 Å². The van der Waals surface area contributed by atoms with Gasteiger partial charge in [0.15, 0.2) is 5.96 Å². The van der Waals surface area contributed by atoms with Gasteiger partial charge in [-0.15, -0.1) is 0 Å². The first-order valence-corrected chi connectivity index (χ1v) is 10.7. The zero-order valence-corrected chi connectivity index (χ0v) is 17.3. The number of benzene rings is 1. The summed E-state index contributed by atoms with van der Waals surface area (Å²) in [6.07, 6.45) is 5.27. The third-order valence-corrected chi connectivity index (χ3v) is 4.63. The predicted octanol–water partition coefficient (Wildman–Crippen LogP) is 3.23. The largest absolute Gasteiger partial charge is 0.494 e. The highest BCUT2D eigenvalue weighted by Crippen LogP contribution is 2.14. The average Bonchev–Trinajstić information content (AvgIpc) is 2.74. The van der Waals surface area contributed by atoms with Crippen LogP contribution in [0.1, 0.15) is 39.0 Å². The molecular formula is C22H37N3O3. The molecule has 158 valence electrons. The Bertz CT molecular complexity index is 519. The maximum Gasteiger partial charge on any atom is 0.191 e. The van der Waals surface area contributed by atoms with Gasteiger partial charge in [0, 0.05) is 46.1 Å². The van der Waals surface area contributed by atoms with Crippen molar-refractivity contribution in [3.05, 3.63) is 30.3 Å². The van der Waals surface area contributed by atoms with E-state index in [1.807, 2.05) is 30.3 Å². The van der Waals surface area contributed by atoms with Crippen molar-refractivity contribution >= 4 is 5.96 Å². The normalized spacial score (nSPS) is 15.4. The van der Waals surface area contributed by atoms with Crippen LogP contribution in [0.3, 0.4) is 0 Å². The SMILES string of the molecule is CCNC(=NCCCOCC1CCOCC1)NCCCCOc1ccccc1. The van der Waals surface area contributed by atoms with Crippen LogP contribution < -0.4 is 15.4 Å². The molecule has 1 aliphatic heterocycles. The van der Waals surface area contributed by atoms with Gasteiger partial charge in [-0.25, -0.2) is 0 Å². The van der Waals surface area contributed by atoms with E-state index >= 15 is 0 Å². The van der Waals surface area contributed by atoms with E-state index in [4.69, 9.17) is 14.2 Å². The fourth-order valence-electron chi connectivity index (χ4n) is 3.00. The second-order valence-electron chi connectivity index (χ2n) is 7.04. The number of hydrogen-bond acceptors (Lipinski definition) is 4. The van der Waals surface area contributed by atoms with Crippen LogP contribution in [0.15, 0.2) is 35.3 Å². The summed E-state index contributed by atoms with van der Waals surface area (Å²) in [4.78, 5) is 4.63. The van der Waals surface area contributed by atoms with Gasteiger partial charge in [0.25, 0.3) is 0 Å². The van der Waals surface area contributed by atoms with Crippen LogP contribution in [0, 0.1) is 5.92 Å². The summed E-state index contributed by atoms with van der Waals surface area (Å²) in [7, 11) is 0. The second kappa shape index (κ2) is 15.2. The fraction of sp³-hybridized carbons (Fsp3) is 0.682. The number of para-hydroxylation sites is 1. The highest BCUT2D eigenvalue weighted by atomic mass is 16.5. The summed E-state index contributed by atoms with van der Waals surface area (Å²) in [5, 5.41) is 6.69. The molecular weight excluding hydrogens is 354 g/mol. The van der Waals surface area contributed by atoms with Crippen molar-refractivity contribution in [2.24, 2.45) is 10.9 Å². The Labute approximate surface area is 170 Å². The topological polar surface area (TPSA) is 64.1 Å². The first-order chi connectivity index (χ1) is 13.9. The number of unbranched alkanes of at least 4 members (excludes halogenated alkanes) is 1. The van der Waals surface area contributed by atoms with E-state index in [1.54, 1.807) is 0 Å². The van der Waals surface area contributed by atoms with Gasteiger partial charge in [0.1, 0.15) is 5.75 Å². The Hall–Kier alpha value is -1.79. The molecule has 0 amide bonds. The first-order valence-electron chi connectivity index (χ1n) is 10.7. The summed E-state index contributed by atoms with van der Waals surface area (Å²) in [5.41, 5.74) is 0. The zero-order chi connectivity index (χ0) is 19.7. The van der Waals surface area contributed by atoms with Crippen LogP contribution in [-0.4, -0.2) is 58.6 Å². The van der Waals surface area contributed by atoms with Gasteiger partial charge in [-0.3, -0.25) is 4.99 Å². The number of hydrogen-bond donors (Lipinski definition) is 2. The minimum absolute atomic E-state index is 0.669. The van der Waals surface area contributed by atoms with Crippen molar-refractivity contribution in [1.82, 2.24) is 10.6 Å². The lowest BCUT2D eigenvalue weighted by Gasteiger charge is -2.21. The Balaban J connectivity index is 1.48. The van der Waals surface area contributed by atoms with Gasteiger partial charge in [0.2, 0.25) is 0 Å². The van der Waals surface area contributed by atoms with Crippen molar-refractivity contribution < 1.29 is 14.2 Å². The van der Waals surface area contributed by atoms with Crippen molar-refractivity contribution in [1.29, 1.82) is 0 Å². The highest BCUT2D eigenvalue weighted by Gasteiger charge is 2.13. The van der Waals surface area contributed by atoms with Gasteiger partial charge in [-0.1, -0.05) is 18.2 Å². The maximum atomic E-state index is 5.80. The van der Waals surface area contributed by atoms with Gasteiger partial charge in [0.05, 0.1) is 6.61 Å². The van der Waals surface area contributed by atoms with E-state index in [2.05, 4.69) is 22.5 Å². The molecule has 1 aromatic carbocycles. The fourth-order valence-corrected chi connectivity index (χ4v) is 3.00. The van der Waals surface area contributed by atoms with Gasteiger partial charge < -0.3 is 24.8 Å². The zero-order valence-electron chi connectivity index (χ0n) is 17.3. The van der Waals surface area contributed by atoms with Crippen molar-refractivity contribution in [3.8, 4) is 5.75 Å². The van der Waals surface area contributed by atoms with Gasteiger partial charge in [-0.2, -0.15) is 0 Å². The molecule has 1 fully saturated rings. The number of aliphatic imine (C=N–C) groups is 1. The minimum Gasteiger partial charge on any atom is -0.494 e. The van der Waals surface area contributed by atoms with E-state index in [0.29, 0.717) is 5.92 Å².